The van der Waals surface area contributed by atoms with Crippen molar-refractivity contribution in [1.82, 2.24) is 20.3 Å². The smallest absolute Gasteiger partial charge is 0.225 e. The Morgan fingerprint density at radius 1 is 1.12 bits per heavy atom. The maximum Gasteiger partial charge on any atom is 0.225 e. The molecule has 40 heavy (non-hydrogen) atoms. The second-order valence-electron chi connectivity index (χ2n) is 10.1. The van der Waals surface area contributed by atoms with E-state index in [1.807, 2.05) is 32.0 Å². The number of aromatic amines is 2. The lowest BCUT2D eigenvalue weighted by Crippen LogP contribution is -2.30. The molecule has 0 spiro atoms. The minimum Gasteiger partial charge on any atom is -0.497 e. The van der Waals surface area contributed by atoms with Crippen LogP contribution in [0.15, 0.2) is 42.6 Å². The highest BCUT2D eigenvalue weighted by Crippen LogP contribution is 2.28. The molecule has 0 bridgehead atoms. The van der Waals surface area contributed by atoms with E-state index in [1.54, 1.807) is 19.4 Å². The van der Waals surface area contributed by atoms with Crippen LogP contribution in [0.3, 0.4) is 0 Å². The third kappa shape index (κ3) is 6.96. The first-order valence-electron chi connectivity index (χ1n) is 13.8. The number of ether oxygens (including phenoxy) is 1. The molecule has 0 saturated carbocycles. The van der Waals surface area contributed by atoms with Gasteiger partial charge in [-0.1, -0.05) is 19.8 Å². The van der Waals surface area contributed by atoms with Gasteiger partial charge in [-0.3, -0.25) is 9.59 Å². The second-order valence-corrected chi connectivity index (χ2v) is 10.1. The van der Waals surface area contributed by atoms with Gasteiger partial charge in [0.2, 0.25) is 5.91 Å². The van der Waals surface area contributed by atoms with E-state index >= 15 is 0 Å². The minimum atomic E-state index is -0.357. The number of hydrogen-bond donors (Lipinski definition) is 4. The number of benzene rings is 2. The number of aryl methyl sites for hydroxylation is 1. The normalized spacial score (nSPS) is 12.0. The molecule has 1 atom stereocenters. The van der Waals surface area contributed by atoms with Crippen LogP contribution in [0, 0.1) is 12.7 Å². The zero-order valence-corrected chi connectivity index (χ0v) is 23.4. The number of carbonyl (C=O) groups excluding carboxylic acids is 2. The van der Waals surface area contributed by atoms with Gasteiger partial charge in [0.1, 0.15) is 23.2 Å². The van der Waals surface area contributed by atoms with Crippen molar-refractivity contribution in [1.29, 1.82) is 0 Å². The van der Waals surface area contributed by atoms with Gasteiger partial charge < -0.3 is 25.8 Å². The van der Waals surface area contributed by atoms with Gasteiger partial charge in [-0.15, -0.1) is 0 Å². The third-order valence-electron chi connectivity index (χ3n) is 7.34. The quantitative estimate of drug-likeness (QED) is 0.148. The van der Waals surface area contributed by atoms with Crippen molar-refractivity contribution in [3.63, 3.8) is 0 Å². The third-order valence-corrected chi connectivity index (χ3v) is 7.34. The molecular weight excluding hydrogens is 509 g/mol. The van der Waals surface area contributed by atoms with Gasteiger partial charge >= 0.3 is 0 Å². The molecule has 2 aromatic heterocycles. The lowest BCUT2D eigenvalue weighted by Gasteiger charge is -2.17. The molecule has 2 aromatic carbocycles. The molecule has 2 heterocycles. The van der Waals surface area contributed by atoms with Crippen LogP contribution in [0.4, 0.5) is 4.39 Å². The van der Waals surface area contributed by atoms with Crippen LogP contribution in [-0.4, -0.2) is 33.8 Å². The van der Waals surface area contributed by atoms with Crippen molar-refractivity contribution in [3.05, 3.63) is 71.1 Å². The molecule has 4 rings (SSSR count). The van der Waals surface area contributed by atoms with E-state index in [0.717, 1.165) is 52.7 Å². The van der Waals surface area contributed by atoms with E-state index in [0.29, 0.717) is 36.3 Å². The maximum atomic E-state index is 13.8. The van der Waals surface area contributed by atoms with Gasteiger partial charge in [0.15, 0.2) is 0 Å². The molecule has 0 aliphatic rings. The number of halogens is 1. The fourth-order valence-corrected chi connectivity index (χ4v) is 5.07. The molecule has 4 aromatic rings. The zero-order valence-electron chi connectivity index (χ0n) is 23.4. The number of fused-ring (bicyclic) bond motifs is 1. The Hall–Kier alpha value is -3.98. The van der Waals surface area contributed by atoms with E-state index < -0.39 is 0 Å². The van der Waals surface area contributed by atoms with Crippen LogP contribution in [0.1, 0.15) is 74.1 Å². The number of hydrogen-bond acceptors (Lipinski definition) is 5. The maximum absolute atomic E-state index is 13.8. The summed E-state index contributed by atoms with van der Waals surface area (Å²) in [6.45, 7) is 4.03. The Labute approximate surface area is 233 Å². The standard InChI is InChI=1S/C31H38FN5O3/c1-4-22(38)8-6-5-7-9-28(31-34-18-29(37-31)24-12-10-21(32)14-20(24)17-33)36-30(39)16-25-19(2)35-27-13-11-23(40-3)15-26(25)27/h10-15,18,28,35H,4-9,16-17,33H2,1-3H3,(H,34,37)(H,36,39)/t28-/m0/s1. The van der Waals surface area contributed by atoms with Crippen molar-refractivity contribution in [3.8, 4) is 17.0 Å². The van der Waals surface area contributed by atoms with Crippen molar-refractivity contribution in [2.24, 2.45) is 5.73 Å². The topological polar surface area (TPSA) is 126 Å². The summed E-state index contributed by atoms with van der Waals surface area (Å²) < 4.78 is 19.2. The van der Waals surface area contributed by atoms with Crippen LogP contribution < -0.4 is 15.8 Å². The number of nitrogens with zero attached hydrogens (tertiary/aromatic N) is 1. The van der Waals surface area contributed by atoms with Crippen molar-refractivity contribution in [2.75, 3.05) is 7.11 Å². The highest BCUT2D eigenvalue weighted by atomic mass is 19.1. The number of amides is 1. The molecule has 0 fully saturated rings. The Kier molecular flexibility index (Phi) is 9.71. The lowest BCUT2D eigenvalue weighted by atomic mass is 10.0. The van der Waals surface area contributed by atoms with E-state index in [-0.39, 0.29) is 36.5 Å². The number of methoxy groups -OCH3 is 1. The van der Waals surface area contributed by atoms with Gasteiger partial charge in [-0.25, -0.2) is 9.37 Å². The van der Waals surface area contributed by atoms with E-state index in [9.17, 15) is 14.0 Å². The Morgan fingerprint density at radius 2 is 1.95 bits per heavy atom. The molecular formula is C31H38FN5O3. The minimum absolute atomic E-state index is 0.125. The average Bonchev–Trinajstić information content (AvgIpc) is 3.56. The Bertz CT molecular complexity index is 1480. The Morgan fingerprint density at radius 3 is 2.70 bits per heavy atom. The first kappa shape index (κ1) is 29.0. The first-order valence-corrected chi connectivity index (χ1v) is 13.8. The number of ketones is 1. The zero-order chi connectivity index (χ0) is 28.6. The van der Waals surface area contributed by atoms with Crippen LogP contribution in [-0.2, 0) is 22.6 Å². The average molecular weight is 548 g/mol. The largest absolute Gasteiger partial charge is 0.497 e. The monoisotopic (exact) mass is 547 g/mol. The molecule has 5 N–H and O–H groups in total. The SMILES string of the molecule is CCC(=O)CCCCC[C@H](NC(=O)Cc1c(C)[nH]c2ccc(OC)cc12)c1ncc(-c2ccc(F)cc2CN)[nH]1. The molecule has 9 heteroatoms. The number of Topliss-reactive ketones (excluding diaryl/α,β-unsaturated/α-hetero) is 1. The highest BCUT2D eigenvalue weighted by molar-refractivity contribution is 5.91. The summed E-state index contributed by atoms with van der Waals surface area (Å²) in [5.41, 5.74) is 10.8. The summed E-state index contributed by atoms with van der Waals surface area (Å²) in [4.78, 5) is 36.3. The summed E-state index contributed by atoms with van der Waals surface area (Å²) in [6, 6.07) is 9.91. The van der Waals surface area contributed by atoms with Gasteiger partial charge in [0.25, 0.3) is 0 Å². The predicted octanol–water partition coefficient (Wildman–Crippen LogP) is 5.80. The summed E-state index contributed by atoms with van der Waals surface area (Å²) >= 11 is 0. The summed E-state index contributed by atoms with van der Waals surface area (Å²) in [5, 5.41) is 4.13. The van der Waals surface area contributed by atoms with E-state index in [1.165, 1.54) is 12.1 Å². The molecule has 1 amide bonds. The number of rotatable bonds is 14. The fourth-order valence-electron chi connectivity index (χ4n) is 5.07. The summed E-state index contributed by atoms with van der Waals surface area (Å²) in [7, 11) is 1.62. The molecule has 8 nitrogen and oxygen atoms in total. The van der Waals surface area contributed by atoms with Crippen LogP contribution in [0.25, 0.3) is 22.2 Å². The number of unbranched alkanes of at least 4 members (excludes halogenated alkanes) is 2. The number of carbonyl (C=O) groups is 2. The van der Waals surface area contributed by atoms with Gasteiger partial charge in [-0.05, 0) is 67.3 Å². The second kappa shape index (κ2) is 13.4. The van der Waals surface area contributed by atoms with Crippen LogP contribution in [0.2, 0.25) is 0 Å². The number of nitrogens with two attached hydrogens (primary N) is 1. The first-order chi connectivity index (χ1) is 19.3. The fraction of sp³-hybridized carbons (Fsp3) is 0.387. The molecule has 0 saturated heterocycles. The predicted molar refractivity (Wildman–Crippen MR) is 154 cm³/mol. The molecule has 0 radical (unpaired) electrons. The van der Waals surface area contributed by atoms with Gasteiger partial charge in [0.05, 0.1) is 31.5 Å². The molecule has 0 aliphatic carbocycles. The molecule has 0 unspecified atom stereocenters. The number of H-pyrrole nitrogens is 2. The van der Waals surface area contributed by atoms with Crippen molar-refractivity contribution >= 4 is 22.6 Å². The van der Waals surface area contributed by atoms with Crippen molar-refractivity contribution < 1.29 is 18.7 Å². The van der Waals surface area contributed by atoms with E-state index in [2.05, 4.69) is 20.3 Å². The summed E-state index contributed by atoms with van der Waals surface area (Å²) in [6.07, 6.45) is 6.21. The van der Waals surface area contributed by atoms with Crippen LogP contribution in [0.5, 0.6) is 5.75 Å². The van der Waals surface area contributed by atoms with E-state index in [4.69, 9.17) is 10.5 Å². The number of nitrogens with one attached hydrogen (secondary N) is 3. The number of aromatic nitrogens is 3. The van der Waals surface area contributed by atoms with Crippen LogP contribution >= 0.6 is 0 Å². The highest BCUT2D eigenvalue weighted by Gasteiger charge is 2.21. The molecule has 0 aliphatic heterocycles. The Balaban J connectivity index is 1.53. The van der Waals surface area contributed by atoms with Gasteiger partial charge in [0, 0.05) is 41.5 Å². The lowest BCUT2D eigenvalue weighted by molar-refractivity contribution is -0.121. The molecule has 212 valence electrons. The number of imidazole rings is 1. The van der Waals surface area contributed by atoms with Gasteiger partial charge in [-0.2, -0.15) is 0 Å². The summed E-state index contributed by atoms with van der Waals surface area (Å²) in [5.74, 6) is 1.15. The van der Waals surface area contributed by atoms with Crippen molar-refractivity contribution in [2.45, 2.75) is 71.4 Å².